The van der Waals surface area contributed by atoms with Crippen molar-refractivity contribution in [1.29, 1.82) is 0 Å². The van der Waals surface area contributed by atoms with Crippen LogP contribution in [0, 0.1) is 0 Å². The Morgan fingerprint density at radius 3 is 1.46 bits per heavy atom. The van der Waals surface area contributed by atoms with Gasteiger partial charge in [-0.15, -0.1) is 0 Å². The molecule has 1 saturated heterocycles. The van der Waals surface area contributed by atoms with E-state index in [0.29, 0.717) is 19.3 Å². The normalized spacial score (nSPS) is 19.6. The quantitative estimate of drug-likeness (QED) is 0.0195. The molecule has 0 bridgehead atoms. The number of carbonyl (C=O) groups is 2. The molecule has 1 aliphatic rings. The second kappa shape index (κ2) is 51.4. The predicted molar refractivity (Wildman–Crippen MR) is 306 cm³/mol. The fourth-order valence-electron chi connectivity index (χ4n) is 9.61. The van der Waals surface area contributed by atoms with E-state index in [2.05, 4.69) is 62.5 Å². The molecule has 11 nitrogen and oxygen atoms in total. The van der Waals surface area contributed by atoms with Gasteiger partial charge in [0.05, 0.1) is 25.4 Å². The van der Waals surface area contributed by atoms with Crippen LogP contribution in [0.25, 0.3) is 0 Å². The number of aliphatic hydroxyl groups is 5. The highest BCUT2D eigenvalue weighted by Crippen LogP contribution is 2.26. The van der Waals surface area contributed by atoms with Crippen molar-refractivity contribution < 1.29 is 49.3 Å². The van der Waals surface area contributed by atoms with Crippen LogP contribution in [0.3, 0.4) is 0 Å². The summed E-state index contributed by atoms with van der Waals surface area (Å²) in [6, 6.07) is -1.03. The zero-order chi connectivity index (χ0) is 54.0. The van der Waals surface area contributed by atoms with Crippen LogP contribution < -0.4 is 5.32 Å². The molecule has 432 valence electrons. The van der Waals surface area contributed by atoms with Gasteiger partial charge in [-0.25, -0.2) is 0 Å². The van der Waals surface area contributed by atoms with E-state index in [0.717, 1.165) is 83.5 Å². The van der Waals surface area contributed by atoms with Gasteiger partial charge in [-0.1, -0.05) is 262 Å². The van der Waals surface area contributed by atoms with E-state index in [1.807, 2.05) is 6.08 Å². The predicted octanol–water partition coefficient (Wildman–Crippen LogP) is 14.4. The third-order valence-corrected chi connectivity index (χ3v) is 14.5. The van der Waals surface area contributed by atoms with E-state index in [1.54, 1.807) is 6.08 Å². The molecule has 0 saturated carbocycles. The number of amides is 1. The van der Waals surface area contributed by atoms with Crippen LogP contribution in [0.5, 0.6) is 0 Å². The van der Waals surface area contributed by atoms with E-state index in [1.165, 1.54) is 148 Å². The maximum Gasteiger partial charge on any atom is 0.306 e. The second-order valence-electron chi connectivity index (χ2n) is 21.4. The summed E-state index contributed by atoms with van der Waals surface area (Å²) in [5.74, 6) is -1.21. The van der Waals surface area contributed by atoms with Crippen molar-refractivity contribution in [3.63, 3.8) is 0 Å². The van der Waals surface area contributed by atoms with Gasteiger partial charge in [0.15, 0.2) is 12.4 Å². The summed E-state index contributed by atoms with van der Waals surface area (Å²) in [6.45, 7) is 5.68. The molecule has 8 atom stereocenters. The third kappa shape index (κ3) is 39.1. The summed E-state index contributed by atoms with van der Waals surface area (Å²) in [5, 5.41) is 56.9. The van der Waals surface area contributed by atoms with Crippen LogP contribution in [0.15, 0.2) is 48.6 Å². The molecular formula is C63H115NO10. The van der Waals surface area contributed by atoms with Gasteiger partial charge in [-0.3, -0.25) is 9.59 Å². The highest BCUT2D eigenvalue weighted by molar-refractivity contribution is 5.80. The molecular weight excluding hydrogens is 931 g/mol. The summed E-state index contributed by atoms with van der Waals surface area (Å²) < 4.78 is 17.6. The average molecular weight is 1050 g/mol. The lowest BCUT2D eigenvalue weighted by molar-refractivity contribution is -0.305. The lowest BCUT2D eigenvalue weighted by atomic mass is 9.99. The standard InChI is InChI=1S/C63H115NO10/c1-4-7-10-13-16-19-22-25-27-28-29-30-32-35-38-41-44-47-50-56(67)62(71)64-54(55(66)49-46-43-40-37-34-31-24-21-18-15-12-9-6-3)53-72-63-61(60(70)59(69)57(52-65)73-63)74-58(68)51-48-45-42-39-36-33-26-23-20-17-14-11-8-5-2/h8,11,17,20,26,33,46,49,54-57,59-61,63,65-67,69-70H,4-7,9-10,12-16,18-19,21-25,27-32,34-45,47-48,50-53H2,1-3H3,(H,64,71)/b11-8+,20-17+,33-26+,49-46+. The molecule has 0 aromatic carbocycles. The number of unbranched alkanes of at least 4 members (excludes halogenated alkanes) is 32. The van der Waals surface area contributed by atoms with Gasteiger partial charge >= 0.3 is 5.97 Å². The Kier molecular flexibility index (Phi) is 48.3. The SMILES string of the molecule is CC/C=C/C/C=C/C/C=C/CCCCCCC(=O)OC1C(OCC(NC(=O)C(O)CCCCCCCCCCCCCCCCCCCC)C(O)/C=C/CCCCCCCCCCCCC)OC(CO)C(O)C1O. The first-order valence-electron chi connectivity index (χ1n) is 30.9. The molecule has 1 fully saturated rings. The first-order valence-corrected chi connectivity index (χ1v) is 30.9. The van der Waals surface area contributed by atoms with Crippen LogP contribution in [-0.2, 0) is 23.8 Å². The van der Waals surface area contributed by atoms with Crippen molar-refractivity contribution >= 4 is 11.9 Å². The number of hydrogen-bond acceptors (Lipinski definition) is 10. The lowest BCUT2D eigenvalue weighted by Gasteiger charge is -2.41. The van der Waals surface area contributed by atoms with Crippen LogP contribution in [-0.4, -0.2) is 99.6 Å². The maximum absolute atomic E-state index is 13.4. The first kappa shape index (κ1) is 69.6. The van der Waals surface area contributed by atoms with Crippen molar-refractivity contribution in [3.8, 4) is 0 Å². The molecule has 0 spiro atoms. The zero-order valence-corrected chi connectivity index (χ0v) is 47.7. The number of nitrogens with one attached hydrogen (secondary N) is 1. The number of rotatable bonds is 52. The van der Waals surface area contributed by atoms with Crippen molar-refractivity contribution in [2.75, 3.05) is 13.2 Å². The van der Waals surface area contributed by atoms with Gasteiger partial charge in [-0.2, -0.15) is 0 Å². The Labute approximate surface area is 453 Å². The van der Waals surface area contributed by atoms with Crippen LogP contribution in [0.4, 0.5) is 0 Å². The van der Waals surface area contributed by atoms with Crippen LogP contribution in [0.2, 0.25) is 0 Å². The van der Waals surface area contributed by atoms with Gasteiger partial charge in [0, 0.05) is 6.42 Å². The second-order valence-corrected chi connectivity index (χ2v) is 21.4. The van der Waals surface area contributed by atoms with Crippen molar-refractivity contribution in [2.24, 2.45) is 0 Å². The number of hydrogen-bond donors (Lipinski definition) is 6. The number of carbonyl (C=O) groups excluding carboxylic acids is 2. The molecule has 1 rings (SSSR count). The number of esters is 1. The Morgan fingerprint density at radius 1 is 0.541 bits per heavy atom. The van der Waals surface area contributed by atoms with E-state index < -0.39 is 67.4 Å². The van der Waals surface area contributed by atoms with Crippen LogP contribution >= 0.6 is 0 Å². The summed E-state index contributed by atoms with van der Waals surface area (Å²) in [7, 11) is 0. The minimum absolute atomic E-state index is 0.0985. The van der Waals surface area contributed by atoms with Gasteiger partial charge in [0.1, 0.15) is 24.4 Å². The average Bonchev–Trinajstić information content (AvgIpc) is 3.40. The highest BCUT2D eigenvalue weighted by Gasteiger charge is 2.47. The van der Waals surface area contributed by atoms with Crippen molar-refractivity contribution in [3.05, 3.63) is 48.6 Å². The van der Waals surface area contributed by atoms with Gasteiger partial charge in [-0.05, 0) is 57.8 Å². The molecule has 0 aromatic rings. The molecule has 0 aliphatic carbocycles. The zero-order valence-electron chi connectivity index (χ0n) is 47.7. The molecule has 6 N–H and O–H groups in total. The largest absolute Gasteiger partial charge is 0.454 e. The maximum atomic E-state index is 13.4. The van der Waals surface area contributed by atoms with E-state index in [9.17, 15) is 35.1 Å². The Morgan fingerprint density at radius 2 is 0.973 bits per heavy atom. The first-order chi connectivity index (χ1) is 36.2. The van der Waals surface area contributed by atoms with Gasteiger partial charge in [0.25, 0.3) is 0 Å². The topological polar surface area (TPSA) is 175 Å². The summed E-state index contributed by atoms with van der Waals surface area (Å²) in [6.07, 6.45) is 51.5. The summed E-state index contributed by atoms with van der Waals surface area (Å²) >= 11 is 0. The van der Waals surface area contributed by atoms with Gasteiger partial charge in [0.2, 0.25) is 5.91 Å². The molecule has 1 aliphatic heterocycles. The monoisotopic (exact) mass is 1050 g/mol. The Bertz CT molecular complexity index is 1390. The summed E-state index contributed by atoms with van der Waals surface area (Å²) in [4.78, 5) is 26.5. The Balaban J connectivity index is 2.70. The van der Waals surface area contributed by atoms with Gasteiger partial charge < -0.3 is 45.1 Å². The number of aliphatic hydroxyl groups excluding tert-OH is 5. The molecule has 8 unspecified atom stereocenters. The van der Waals surface area contributed by atoms with E-state index in [-0.39, 0.29) is 13.0 Å². The van der Waals surface area contributed by atoms with Crippen LogP contribution in [0.1, 0.15) is 278 Å². The van der Waals surface area contributed by atoms with Crippen molar-refractivity contribution in [2.45, 2.75) is 327 Å². The molecule has 0 radical (unpaired) electrons. The van der Waals surface area contributed by atoms with Crippen molar-refractivity contribution in [1.82, 2.24) is 5.32 Å². The fourth-order valence-corrected chi connectivity index (χ4v) is 9.61. The molecule has 1 heterocycles. The molecule has 1 amide bonds. The van der Waals surface area contributed by atoms with E-state index in [4.69, 9.17) is 14.2 Å². The highest BCUT2D eigenvalue weighted by atomic mass is 16.7. The molecule has 74 heavy (non-hydrogen) atoms. The lowest BCUT2D eigenvalue weighted by Crippen LogP contribution is -2.61. The number of allylic oxidation sites excluding steroid dienone is 7. The summed E-state index contributed by atoms with van der Waals surface area (Å²) in [5.41, 5.74) is 0. The minimum Gasteiger partial charge on any atom is -0.454 e. The third-order valence-electron chi connectivity index (χ3n) is 14.5. The molecule has 11 heteroatoms. The van der Waals surface area contributed by atoms with E-state index >= 15 is 0 Å². The fraction of sp³-hybridized carbons (Fsp3) is 0.841. The Hall–Kier alpha value is -2.38. The molecule has 0 aromatic heterocycles. The smallest absolute Gasteiger partial charge is 0.306 e. The number of ether oxygens (including phenoxy) is 3. The minimum atomic E-state index is -1.62.